The Balaban J connectivity index is 1.69. The zero-order chi connectivity index (χ0) is 11.8. The van der Waals surface area contributed by atoms with Crippen molar-refractivity contribution in [2.45, 2.75) is 69.2 Å². The average molecular weight is 239 g/mol. The third kappa shape index (κ3) is 2.08. The zero-order valence-corrected chi connectivity index (χ0v) is 10.2. The molecule has 0 radical (unpaired) electrons. The van der Waals surface area contributed by atoms with E-state index in [1.807, 2.05) is 4.90 Å². The molecule has 3 aliphatic rings. The van der Waals surface area contributed by atoms with E-state index in [0.29, 0.717) is 0 Å². The molecule has 96 valence electrons. The molecule has 3 heterocycles. The van der Waals surface area contributed by atoms with Gasteiger partial charge >= 0.3 is 0 Å². The molecule has 0 saturated carbocycles. The van der Waals surface area contributed by atoms with E-state index in [2.05, 4.69) is 0 Å². The molecular weight excluding hydrogens is 218 g/mol. The highest BCUT2D eigenvalue weighted by Gasteiger charge is 2.44. The van der Waals surface area contributed by atoms with E-state index >= 15 is 0 Å². The van der Waals surface area contributed by atoms with Gasteiger partial charge in [0, 0.05) is 18.7 Å². The topological polar surface area (TPSA) is 49.8 Å². The van der Waals surface area contributed by atoms with Crippen LogP contribution in [0, 0.1) is 0 Å². The minimum absolute atomic E-state index is 0.184. The smallest absolute Gasteiger partial charge is 0.252 e. The summed E-state index contributed by atoms with van der Waals surface area (Å²) in [6.45, 7) is 0.724. The van der Waals surface area contributed by atoms with E-state index < -0.39 is 0 Å². The number of aliphatic hydroxyl groups is 1. The highest BCUT2D eigenvalue weighted by molar-refractivity contribution is 5.82. The Bertz CT molecular complexity index is 287. The minimum atomic E-state index is -0.206. The summed E-state index contributed by atoms with van der Waals surface area (Å²) < 4.78 is 5.59. The first-order valence-electron chi connectivity index (χ1n) is 6.87. The van der Waals surface area contributed by atoms with Crippen LogP contribution in [0.5, 0.6) is 0 Å². The second-order valence-electron chi connectivity index (χ2n) is 5.61. The predicted molar refractivity (Wildman–Crippen MR) is 62.5 cm³/mol. The molecule has 4 nitrogen and oxygen atoms in total. The molecule has 17 heavy (non-hydrogen) atoms. The van der Waals surface area contributed by atoms with Gasteiger partial charge in [0.05, 0.1) is 6.10 Å². The number of piperidine rings is 1. The van der Waals surface area contributed by atoms with E-state index in [9.17, 15) is 9.90 Å². The van der Waals surface area contributed by atoms with Crippen LogP contribution < -0.4 is 0 Å². The minimum Gasteiger partial charge on any atom is -0.393 e. The third-order valence-corrected chi connectivity index (χ3v) is 4.42. The second-order valence-corrected chi connectivity index (χ2v) is 5.61. The van der Waals surface area contributed by atoms with Gasteiger partial charge in [-0.1, -0.05) is 0 Å². The number of carbonyl (C=O) groups is 1. The molecule has 2 bridgehead atoms. The van der Waals surface area contributed by atoms with Gasteiger partial charge in [-0.05, 0) is 44.9 Å². The molecule has 3 aliphatic heterocycles. The lowest BCUT2D eigenvalue weighted by Gasteiger charge is -2.39. The summed E-state index contributed by atoms with van der Waals surface area (Å²) in [6, 6.07) is 0.531. The van der Waals surface area contributed by atoms with Gasteiger partial charge in [0.2, 0.25) is 0 Å². The number of rotatable bonds is 1. The molecule has 4 heteroatoms. The number of amides is 1. The number of ether oxygens (including phenoxy) is 1. The molecule has 0 aliphatic carbocycles. The Morgan fingerprint density at radius 3 is 2.41 bits per heavy atom. The quantitative estimate of drug-likeness (QED) is 0.744. The van der Waals surface area contributed by atoms with Gasteiger partial charge < -0.3 is 14.7 Å². The Hall–Kier alpha value is -0.610. The molecule has 1 amide bonds. The van der Waals surface area contributed by atoms with Crippen molar-refractivity contribution in [3.05, 3.63) is 0 Å². The SMILES string of the molecule is O=C(C1CCCCO1)N1C2CCC1CC(O)C2. The number of hydrogen-bond acceptors (Lipinski definition) is 3. The fraction of sp³-hybridized carbons (Fsp3) is 0.923. The molecule has 1 N–H and O–H groups in total. The maximum absolute atomic E-state index is 12.4. The Morgan fingerprint density at radius 2 is 1.82 bits per heavy atom. The van der Waals surface area contributed by atoms with Gasteiger partial charge in [0.25, 0.3) is 5.91 Å². The van der Waals surface area contributed by atoms with Crippen LogP contribution in [0.4, 0.5) is 0 Å². The predicted octanol–water partition coefficient (Wildman–Crippen LogP) is 1.07. The third-order valence-electron chi connectivity index (χ3n) is 4.42. The molecule has 0 aromatic heterocycles. The highest BCUT2D eigenvalue weighted by Crippen LogP contribution is 2.36. The van der Waals surface area contributed by atoms with Crippen LogP contribution in [0.2, 0.25) is 0 Å². The van der Waals surface area contributed by atoms with E-state index in [0.717, 1.165) is 51.6 Å². The van der Waals surface area contributed by atoms with Gasteiger partial charge in [-0.25, -0.2) is 0 Å². The van der Waals surface area contributed by atoms with Gasteiger partial charge in [0.15, 0.2) is 0 Å². The molecule has 0 spiro atoms. The number of nitrogens with zero attached hydrogens (tertiary/aromatic N) is 1. The summed E-state index contributed by atoms with van der Waals surface area (Å²) in [6.07, 6.45) is 6.27. The van der Waals surface area contributed by atoms with Crippen LogP contribution in [0.3, 0.4) is 0 Å². The molecule has 3 fully saturated rings. The largest absolute Gasteiger partial charge is 0.393 e. The van der Waals surface area contributed by atoms with Crippen LogP contribution in [0.1, 0.15) is 44.9 Å². The average Bonchev–Trinajstić information content (AvgIpc) is 2.62. The lowest BCUT2D eigenvalue weighted by Crippen LogP contribution is -2.52. The maximum atomic E-state index is 12.4. The van der Waals surface area contributed by atoms with Crippen molar-refractivity contribution in [3.63, 3.8) is 0 Å². The van der Waals surface area contributed by atoms with Crippen molar-refractivity contribution < 1.29 is 14.6 Å². The summed E-state index contributed by atoms with van der Waals surface area (Å²) in [7, 11) is 0. The van der Waals surface area contributed by atoms with Gasteiger partial charge in [-0.3, -0.25) is 4.79 Å². The van der Waals surface area contributed by atoms with Crippen molar-refractivity contribution >= 4 is 5.91 Å². The zero-order valence-electron chi connectivity index (χ0n) is 10.2. The number of carbonyl (C=O) groups excluding carboxylic acids is 1. The molecule has 0 aromatic carbocycles. The first-order chi connectivity index (χ1) is 8.25. The van der Waals surface area contributed by atoms with Crippen LogP contribution in [0.15, 0.2) is 0 Å². The van der Waals surface area contributed by atoms with E-state index in [1.54, 1.807) is 0 Å². The van der Waals surface area contributed by atoms with Crippen LogP contribution in [-0.2, 0) is 9.53 Å². The van der Waals surface area contributed by atoms with Crippen LogP contribution >= 0.6 is 0 Å². The summed E-state index contributed by atoms with van der Waals surface area (Å²) >= 11 is 0. The maximum Gasteiger partial charge on any atom is 0.252 e. The second kappa shape index (κ2) is 4.58. The molecule has 3 unspecified atom stereocenters. The first-order valence-corrected chi connectivity index (χ1v) is 6.87. The highest BCUT2D eigenvalue weighted by atomic mass is 16.5. The number of hydrogen-bond donors (Lipinski definition) is 1. The lowest BCUT2D eigenvalue weighted by atomic mass is 9.98. The van der Waals surface area contributed by atoms with Gasteiger partial charge in [0.1, 0.15) is 6.10 Å². The van der Waals surface area contributed by atoms with Crippen molar-refractivity contribution in [2.24, 2.45) is 0 Å². The standard InChI is InChI=1S/C13H21NO3/c15-11-7-9-4-5-10(8-11)14(9)13(16)12-3-1-2-6-17-12/h9-12,15H,1-8H2. The fourth-order valence-electron chi connectivity index (χ4n) is 3.61. The summed E-state index contributed by atoms with van der Waals surface area (Å²) in [4.78, 5) is 14.5. The summed E-state index contributed by atoms with van der Waals surface area (Å²) in [5.41, 5.74) is 0. The Labute approximate surface area is 102 Å². The molecule has 0 aromatic rings. The number of fused-ring (bicyclic) bond motifs is 2. The van der Waals surface area contributed by atoms with E-state index in [4.69, 9.17) is 4.74 Å². The molecule has 3 saturated heterocycles. The van der Waals surface area contributed by atoms with E-state index in [1.165, 1.54) is 0 Å². The first kappa shape index (κ1) is 11.5. The molecule has 3 rings (SSSR count). The lowest BCUT2D eigenvalue weighted by molar-refractivity contribution is -0.152. The van der Waals surface area contributed by atoms with Crippen molar-refractivity contribution in [3.8, 4) is 0 Å². The Morgan fingerprint density at radius 1 is 1.12 bits per heavy atom. The van der Waals surface area contributed by atoms with Gasteiger partial charge in [-0.15, -0.1) is 0 Å². The molecule has 3 atom stereocenters. The van der Waals surface area contributed by atoms with Crippen molar-refractivity contribution in [1.82, 2.24) is 4.90 Å². The van der Waals surface area contributed by atoms with Crippen LogP contribution in [0.25, 0.3) is 0 Å². The summed E-state index contributed by atoms with van der Waals surface area (Å²) in [5.74, 6) is 0.184. The van der Waals surface area contributed by atoms with E-state index in [-0.39, 0.29) is 30.2 Å². The van der Waals surface area contributed by atoms with Crippen molar-refractivity contribution in [2.75, 3.05) is 6.61 Å². The fourth-order valence-corrected chi connectivity index (χ4v) is 3.61. The monoisotopic (exact) mass is 239 g/mol. The normalized spacial score (nSPS) is 41.6. The number of aliphatic hydroxyl groups excluding tert-OH is 1. The molecular formula is C13H21NO3. The van der Waals surface area contributed by atoms with Crippen LogP contribution in [-0.4, -0.2) is 46.8 Å². The van der Waals surface area contributed by atoms with Crippen molar-refractivity contribution in [1.29, 1.82) is 0 Å². The van der Waals surface area contributed by atoms with Gasteiger partial charge in [-0.2, -0.15) is 0 Å². The summed E-state index contributed by atoms with van der Waals surface area (Å²) in [5, 5.41) is 9.73. The Kier molecular flexibility index (Phi) is 3.09.